The van der Waals surface area contributed by atoms with Crippen molar-refractivity contribution in [2.24, 2.45) is 10.9 Å². The van der Waals surface area contributed by atoms with E-state index in [0.29, 0.717) is 18.6 Å². The third-order valence-corrected chi connectivity index (χ3v) is 7.11. The van der Waals surface area contributed by atoms with Crippen LogP contribution in [0.3, 0.4) is 0 Å². The van der Waals surface area contributed by atoms with E-state index in [1.165, 1.54) is 0 Å². The van der Waals surface area contributed by atoms with Crippen LogP contribution in [0.5, 0.6) is 0 Å². The summed E-state index contributed by atoms with van der Waals surface area (Å²) >= 11 is 10.6. The molecule has 3 N–H and O–H groups in total. The van der Waals surface area contributed by atoms with Gasteiger partial charge in [-0.2, -0.15) is 0 Å². The lowest BCUT2D eigenvalue weighted by atomic mass is 9.79. The van der Waals surface area contributed by atoms with Gasteiger partial charge in [0.1, 0.15) is 10.5 Å². The second-order valence-electron chi connectivity index (χ2n) is 6.66. The smallest absolute Gasteiger partial charge is 0.257 e. The van der Waals surface area contributed by atoms with Crippen LogP contribution in [0.4, 0.5) is 0 Å². The van der Waals surface area contributed by atoms with Crippen LogP contribution in [0.15, 0.2) is 35.3 Å². The van der Waals surface area contributed by atoms with Crippen LogP contribution in [0.25, 0.3) is 0 Å². The zero-order chi connectivity index (χ0) is 19.4. The minimum atomic E-state index is -0.754. The Labute approximate surface area is 176 Å². The molecular formula is C18H22BrN3O3S2. The minimum Gasteiger partial charge on any atom is -0.396 e. The molecule has 0 saturated carbocycles. The third kappa shape index (κ3) is 4.71. The van der Waals surface area contributed by atoms with Crippen molar-refractivity contribution >= 4 is 56.0 Å². The zero-order valence-electron chi connectivity index (χ0n) is 14.9. The zero-order valence-corrected chi connectivity index (χ0v) is 18.1. The van der Waals surface area contributed by atoms with Crippen molar-refractivity contribution in [1.29, 1.82) is 0 Å². The van der Waals surface area contributed by atoms with Gasteiger partial charge in [-0.1, -0.05) is 34.1 Å². The number of nitrogens with zero attached hydrogens (tertiary/aromatic N) is 1. The molecule has 1 amide bonds. The molecule has 1 unspecified atom stereocenters. The fourth-order valence-corrected chi connectivity index (χ4v) is 5.43. The SMILES string of the molecule is C[C@H]1C[C@@H](CO)[C@](NC(=S)NC(=O)c2ccccc2)(C2=NC(Br)CS2)CO1. The summed E-state index contributed by atoms with van der Waals surface area (Å²) < 4.78 is 5.91. The molecule has 9 heteroatoms. The molecule has 1 fully saturated rings. The molecule has 1 aromatic carbocycles. The Morgan fingerprint density at radius 2 is 2.22 bits per heavy atom. The Kier molecular flexibility index (Phi) is 6.91. The number of carbonyl (C=O) groups excluding carboxylic acids is 1. The van der Waals surface area contributed by atoms with Gasteiger partial charge in [-0.05, 0) is 37.7 Å². The maximum atomic E-state index is 12.4. The number of alkyl halides is 1. The number of amides is 1. The Morgan fingerprint density at radius 1 is 1.48 bits per heavy atom. The van der Waals surface area contributed by atoms with E-state index in [2.05, 4.69) is 31.6 Å². The average molecular weight is 472 g/mol. The van der Waals surface area contributed by atoms with E-state index < -0.39 is 5.54 Å². The van der Waals surface area contributed by atoms with Crippen LogP contribution in [0.2, 0.25) is 0 Å². The second-order valence-corrected chi connectivity index (χ2v) is 9.14. The molecule has 3 rings (SSSR count). The third-order valence-electron chi connectivity index (χ3n) is 4.73. The summed E-state index contributed by atoms with van der Waals surface area (Å²) in [5.41, 5.74) is -0.230. The van der Waals surface area contributed by atoms with E-state index in [1.54, 1.807) is 36.0 Å². The van der Waals surface area contributed by atoms with E-state index >= 15 is 0 Å². The van der Waals surface area contributed by atoms with Gasteiger partial charge in [0.25, 0.3) is 5.91 Å². The van der Waals surface area contributed by atoms with Gasteiger partial charge >= 0.3 is 0 Å². The highest BCUT2D eigenvalue weighted by atomic mass is 79.9. The molecule has 2 heterocycles. The van der Waals surface area contributed by atoms with Gasteiger partial charge in [0, 0.05) is 23.8 Å². The number of rotatable bonds is 4. The first kappa shape index (κ1) is 20.7. The largest absolute Gasteiger partial charge is 0.396 e. The molecule has 0 bridgehead atoms. The summed E-state index contributed by atoms with van der Waals surface area (Å²) in [4.78, 5) is 17.1. The van der Waals surface area contributed by atoms with E-state index in [4.69, 9.17) is 17.0 Å². The Bertz CT molecular complexity index is 734. The average Bonchev–Trinajstić information content (AvgIpc) is 3.10. The molecule has 2 aliphatic heterocycles. The number of aliphatic imine (C=N–C) groups is 1. The molecule has 1 aromatic rings. The summed E-state index contributed by atoms with van der Waals surface area (Å²) in [6.45, 7) is 2.29. The van der Waals surface area contributed by atoms with Crippen molar-refractivity contribution in [1.82, 2.24) is 10.6 Å². The molecule has 4 atom stereocenters. The van der Waals surface area contributed by atoms with E-state index in [1.807, 2.05) is 13.0 Å². The summed E-state index contributed by atoms with van der Waals surface area (Å²) in [5, 5.41) is 17.1. The van der Waals surface area contributed by atoms with Gasteiger partial charge in [-0.25, -0.2) is 0 Å². The molecule has 27 heavy (non-hydrogen) atoms. The monoisotopic (exact) mass is 471 g/mol. The van der Waals surface area contributed by atoms with Crippen molar-refractivity contribution in [3.05, 3.63) is 35.9 Å². The summed E-state index contributed by atoms with van der Waals surface area (Å²) in [7, 11) is 0. The van der Waals surface area contributed by atoms with Crippen molar-refractivity contribution in [2.45, 2.75) is 29.9 Å². The molecule has 0 aromatic heterocycles. The van der Waals surface area contributed by atoms with Crippen LogP contribution in [0, 0.1) is 5.92 Å². The van der Waals surface area contributed by atoms with Crippen molar-refractivity contribution in [3.8, 4) is 0 Å². The topological polar surface area (TPSA) is 83.0 Å². The maximum absolute atomic E-state index is 12.4. The number of halogens is 1. The Hall–Kier alpha value is -1.000. The summed E-state index contributed by atoms with van der Waals surface area (Å²) in [6.07, 6.45) is 0.710. The Morgan fingerprint density at radius 3 is 2.85 bits per heavy atom. The first-order valence-corrected chi connectivity index (χ1v) is 11.0. The summed E-state index contributed by atoms with van der Waals surface area (Å²) in [6, 6.07) is 8.89. The number of nitrogens with one attached hydrogen (secondary N) is 2. The molecule has 0 aliphatic carbocycles. The highest BCUT2D eigenvalue weighted by molar-refractivity contribution is 9.09. The number of carbonyl (C=O) groups is 1. The van der Waals surface area contributed by atoms with Gasteiger partial charge in [0.2, 0.25) is 0 Å². The van der Waals surface area contributed by atoms with Crippen LogP contribution in [-0.4, -0.2) is 56.7 Å². The predicted molar refractivity (Wildman–Crippen MR) is 116 cm³/mol. The van der Waals surface area contributed by atoms with E-state index in [-0.39, 0.29) is 34.6 Å². The minimum absolute atomic E-state index is 0.0161. The predicted octanol–water partition coefficient (Wildman–Crippen LogP) is 2.31. The van der Waals surface area contributed by atoms with Crippen LogP contribution >= 0.6 is 39.9 Å². The van der Waals surface area contributed by atoms with Crippen molar-refractivity contribution < 1.29 is 14.6 Å². The first-order chi connectivity index (χ1) is 12.9. The number of hydrogen-bond donors (Lipinski definition) is 3. The Balaban J connectivity index is 1.80. The van der Waals surface area contributed by atoms with Gasteiger partial charge in [0.15, 0.2) is 5.11 Å². The van der Waals surface area contributed by atoms with Crippen LogP contribution in [0.1, 0.15) is 23.7 Å². The quantitative estimate of drug-likeness (QED) is 0.355. The lowest BCUT2D eigenvalue weighted by molar-refractivity contribution is -0.0470. The lowest BCUT2D eigenvalue weighted by Gasteiger charge is -2.45. The number of benzene rings is 1. The number of ether oxygens (including phenoxy) is 1. The lowest BCUT2D eigenvalue weighted by Crippen LogP contribution is -2.66. The molecule has 0 radical (unpaired) electrons. The number of thioether (sulfide) groups is 1. The first-order valence-electron chi connectivity index (χ1n) is 8.70. The highest BCUT2D eigenvalue weighted by Crippen LogP contribution is 2.38. The number of aliphatic hydroxyl groups is 1. The maximum Gasteiger partial charge on any atom is 0.257 e. The van der Waals surface area contributed by atoms with Crippen LogP contribution < -0.4 is 10.6 Å². The molecule has 0 spiro atoms. The van der Waals surface area contributed by atoms with Gasteiger partial charge in [-0.3, -0.25) is 15.1 Å². The van der Waals surface area contributed by atoms with Crippen molar-refractivity contribution in [2.75, 3.05) is 19.0 Å². The number of thiocarbonyl (C=S) groups is 1. The second kappa shape index (κ2) is 9.00. The molecule has 6 nitrogen and oxygen atoms in total. The van der Waals surface area contributed by atoms with Crippen LogP contribution in [-0.2, 0) is 4.74 Å². The van der Waals surface area contributed by atoms with Crippen molar-refractivity contribution in [3.63, 3.8) is 0 Å². The highest BCUT2D eigenvalue weighted by Gasteiger charge is 2.49. The summed E-state index contributed by atoms with van der Waals surface area (Å²) in [5.74, 6) is 0.389. The van der Waals surface area contributed by atoms with E-state index in [0.717, 1.165) is 10.8 Å². The fourth-order valence-electron chi connectivity index (χ4n) is 3.31. The molecule has 1 saturated heterocycles. The van der Waals surface area contributed by atoms with Gasteiger partial charge in [0.05, 0.1) is 17.8 Å². The molecule has 146 valence electrons. The van der Waals surface area contributed by atoms with Gasteiger partial charge in [-0.15, -0.1) is 11.8 Å². The normalized spacial score (nSPS) is 30.5. The number of aliphatic hydroxyl groups excluding tert-OH is 1. The molecule has 2 aliphatic rings. The number of hydrogen-bond acceptors (Lipinski definition) is 6. The van der Waals surface area contributed by atoms with Gasteiger partial charge < -0.3 is 15.2 Å². The van der Waals surface area contributed by atoms with E-state index in [9.17, 15) is 9.90 Å². The fraction of sp³-hybridized carbons (Fsp3) is 0.500. The molecular weight excluding hydrogens is 450 g/mol. The standard InChI is InChI=1S/C18H22BrN3O3S2/c1-11-7-13(8-23)18(10-25-11,16-20-14(19)9-27-16)22-17(26)21-15(24)12-5-3-2-4-6-12/h2-6,11,13-14,23H,7-10H2,1H3,(H2,21,22,24,26)/t11-,13-,14?,18-/m0/s1.